The normalized spacial score (nSPS) is 13.6. The van der Waals surface area contributed by atoms with Gasteiger partial charge >= 0.3 is 0 Å². The Labute approximate surface area is 69.4 Å². The first kappa shape index (κ1) is 6.92. The van der Waals surface area contributed by atoms with Gasteiger partial charge in [-0.05, 0) is 6.07 Å². The second-order valence-electron chi connectivity index (χ2n) is 2.30. The van der Waals surface area contributed by atoms with Gasteiger partial charge in [-0.25, -0.2) is 4.98 Å². The molecule has 60 valence electrons. The van der Waals surface area contributed by atoms with E-state index in [1.807, 2.05) is 6.07 Å². The topological polar surface area (TPSA) is 55.1 Å². The molecule has 1 aliphatic rings. The number of ether oxygens (including phenoxy) is 2. The summed E-state index contributed by atoms with van der Waals surface area (Å²) >= 11 is 0. The molecule has 1 aromatic heterocycles. The van der Waals surface area contributed by atoms with Crippen molar-refractivity contribution < 1.29 is 9.47 Å². The van der Waals surface area contributed by atoms with Gasteiger partial charge in [-0.1, -0.05) is 0 Å². The van der Waals surface area contributed by atoms with E-state index in [0.29, 0.717) is 30.4 Å². The van der Waals surface area contributed by atoms with Crippen LogP contribution in [-0.2, 0) is 0 Å². The molecule has 0 spiro atoms. The van der Waals surface area contributed by atoms with Crippen LogP contribution in [0.25, 0.3) is 0 Å². The van der Waals surface area contributed by atoms with Crippen molar-refractivity contribution >= 4 is 0 Å². The minimum Gasteiger partial charge on any atom is -0.483 e. The molecule has 0 amide bonds. The lowest BCUT2D eigenvalue weighted by molar-refractivity contribution is 0.164. The number of nitriles is 1. The number of pyridine rings is 1. The van der Waals surface area contributed by atoms with Gasteiger partial charge in [0.2, 0.25) is 0 Å². The lowest BCUT2D eigenvalue weighted by atomic mass is 10.2. The highest BCUT2D eigenvalue weighted by Gasteiger charge is 2.16. The monoisotopic (exact) mass is 162 g/mol. The second kappa shape index (κ2) is 2.70. The fourth-order valence-corrected chi connectivity index (χ4v) is 1.04. The molecule has 0 N–H and O–H groups in total. The molecule has 4 nitrogen and oxygen atoms in total. The maximum Gasteiger partial charge on any atom is 0.258 e. The molecule has 1 aliphatic heterocycles. The van der Waals surface area contributed by atoms with E-state index in [1.54, 1.807) is 6.07 Å². The van der Waals surface area contributed by atoms with Gasteiger partial charge in [0.15, 0.2) is 5.75 Å². The number of fused-ring (bicyclic) bond motifs is 1. The van der Waals surface area contributed by atoms with Gasteiger partial charge in [-0.3, -0.25) is 0 Å². The maximum absolute atomic E-state index is 8.68. The molecular weight excluding hydrogens is 156 g/mol. The standard InChI is InChI=1S/C8H6N2O2/c9-5-6-1-2-10-8-7(6)11-3-4-12-8/h1-2H,3-4H2. The van der Waals surface area contributed by atoms with Gasteiger partial charge in [0.1, 0.15) is 24.8 Å². The molecule has 0 saturated heterocycles. The summed E-state index contributed by atoms with van der Waals surface area (Å²) in [6, 6.07) is 3.61. The lowest BCUT2D eigenvalue weighted by Gasteiger charge is -2.17. The first-order valence-electron chi connectivity index (χ1n) is 3.56. The van der Waals surface area contributed by atoms with Crippen LogP contribution in [-0.4, -0.2) is 18.2 Å². The van der Waals surface area contributed by atoms with Crippen molar-refractivity contribution in [1.29, 1.82) is 5.26 Å². The van der Waals surface area contributed by atoms with Crippen LogP contribution in [0, 0.1) is 11.3 Å². The quantitative estimate of drug-likeness (QED) is 0.564. The number of rotatable bonds is 0. The van der Waals surface area contributed by atoms with E-state index in [4.69, 9.17) is 14.7 Å². The van der Waals surface area contributed by atoms with E-state index in [1.165, 1.54) is 6.20 Å². The van der Waals surface area contributed by atoms with Gasteiger partial charge < -0.3 is 9.47 Å². The predicted octanol–water partition coefficient (Wildman–Crippen LogP) is 0.724. The van der Waals surface area contributed by atoms with Crippen LogP contribution < -0.4 is 9.47 Å². The van der Waals surface area contributed by atoms with Crippen molar-refractivity contribution in [1.82, 2.24) is 4.98 Å². The summed E-state index contributed by atoms with van der Waals surface area (Å²) in [6.45, 7) is 0.974. The minimum atomic E-state index is 0.417. The van der Waals surface area contributed by atoms with E-state index < -0.39 is 0 Å². The summed E-state index contributed by atoms with van der Waals surface area (Å²) in [5.74, 6) is 0.881. The Kier molecular flexibility index (Phi) is 1.56. The van der Waals surface area contributed by atoms with E-state index >= 15 is 0 Å². The Hall–Kier alpha value is -1.76. The zero-order chi connectivity index (χ0) is 8.39. The summed E-state index contributed by atoms with van der Waals surface area (Å²) < 4.78 is 10.4. The Bertz CT molecular complexity index is 343. The van der Waals surface area contributed by atoms with Crippen LogP contribution in [0.3, 0.4) is 0 Å². The van der Waals surface area contributed by atoms with E-state index in [9.17, 15) is 0 Å². The van der Waals surface area contributed by atoms with Crippen LogP contribution in [0.2, 0.25) is 0 Å². The van der Waals surface area contributed by atoms with Crippen molar-refractivity contribution in [2.75, 3.05) is 13.2 Å². The van der Waals surface area contributed by atoms with Gasteiger partial charge in [0.05, 0.1) is 0 Å². The molecule has 4 heteroatoms. The summed E-state index contributed by atoms with van der Waals surface area (Å²) in [7, 11) is 0. The zero-order valence-corrected chi connectivity index (χ0v) is 6.28. The highest BCUT2D eigenvalue weighted by Crippen LogP contribution is 2.30. The summed E-state index contributed by atoms with van der Waals surface area (Å²) in [5, 5.41) is 8.68. The van der Waals surface area contributed by atoms with Crippen LogP contribution in [0.5, 0.6) is 11.6 Å². The predicted molar refractivity (Wildman–Crippen MR) is 39.9 cm³/mol. The van der Waals surface area contributed by atoms with Crippen molar-refractivity contribution in [2.45, 2.75) is 0 Å². The number of hydrogen-bond donors (Lipinski definition) is 0. The largest absolute Gasteiger partial charge is 0.483 e. The van der Waals surface area contributed by atoms with E-state index in [-0.39, 0.29) is 0 Å². The summed E-state index contributed by atoms with van der Waals surface area (Å²) in [6.07, 6.45) is 1.53. The molecule has 12 heavy (non-hydrogen) atoms. The van der Waals surface area contributed by atoms with Crippen LogP contribution >= 0.6 is 0 Å². The van der Waals surface area contributed by atoms with E-state index in [0.717, 1.165) is 0 Å². The third kappa shape index (κ3) is 0.957. The van der Waals surface area contributed by atoms with Crippen LogP contribution in [0.4, 0.5) is 0 Å². The molecule has 2 rings (SSSR count). The van der Waals surface area contributed by atoms with Gasteiger partial charge in [0.25, 0.3) is 5.88 Å². The molecule has 0 fully saturated rings. The number of hydrogen-bond acceptors (Lipinski definition) is 4. The number of aromatic nitrogens is 1. The SMILES string of the molecule is N#Cc1ccnc2c1OCCO2. The first-order chi connectivity index (χ1) is 5.92. The minimum absolute atomic E-state index is 0.417. The third-order valence-corrected chi connectivity index (χ3v) is 1.56. The zero-order valence-electron chi connectivity index (χ0n) is 6.28. The third-order valence-electron chi connectivity index (χ3n) is 1.56. The smallest absolute Gasteiger partial charge is 0.258 e. The highest BCUT2D eigenvalue weighted by atomic mass is 16.6. The van der Waals surface area contributed by atoms with Crippen molar-refractivity contribution in [2.24, 2.45) is 0 Å². The Morgan fingerprint density at radius 2 is 2.25 bits per heavy atom. The van der Waals surface area contributed by atoms with Crippen molar-refractivity contribution in [3.63, 3.8) is 0 Å². The van der Waals surface area contributed by atoms with Crippen LogP contribution in [0.1, 0.15) is 5.56 Å². The van der Waals surface area contributed by atoms with Gasteiger partial charge in [-0.2, -0.15) is 5.26 Å². The fourth-order valence-electron chi connectivity index (χ4n) is 1.04. The fraction of sp³-hybridized carbons (Fsp3) is 0.250. The van der Waals surface area contributed by atoms with E-state index in [2.05, 4.69) is 4.98 Å². The Balaban J connectivity index is 2.53. The molecule has 0 bridgehead atoms. The van der Waals surface area contributed by atoms with Crippen LogP contribution in [0.15, 0.2) is 12.3 Å². The Morgan fingerprint density at radius 1 is 1.42 bits per heavy atom. The van der Waals surface area contributed by atoms with Crippen molar-refractivity contribution in [3.8, 4) is 17.7 Å². The van der Waals surface area contributed by atoms with Gasteiger partial charge in [0, 0.05) is 6.20 Å². The molecule has 0 saturated carbocycles. The molecule has 0 atom stereocenters. The molecule has 1 aromatic rings. The lowest BCUT2D eigenvalue weighted by Crippen LogP contribution is -2.17. The average molecular weight is 162 g/mol. The summed E-state index contributed by atoms with van der Waals surface area (Å²) in [4.78, 5) is 3.93. The van der Waals surface area contributed by atoms with Gasteiger partial charge in [-0.15, -0.1) is 0 Å². The molecule has 0 aromatic carbocycles. The second-order valence-corrected chi connectivity index (χ2v) is 2.30. The Morgan fingerprint density at radius 3 is 3.08 bits per heavy atom. The first-order valence-corrected chi connectivity index (χ1v) is 3.56. The summed E-state index contributed by atoms with van der Waals surface area (Å²) in [5.41, 5.74) is 0.472. The molecule has 0 unspecified atom stereocenters. The number of nitrogens with zero attached hydrogens (tertiary/aromatic N) is 2. The maximum atomic E-state index is 8.68. The molecule has 0 radical (unpaired) electrons. The highest BCUT2D eigenvalue weighted by molar-refractivity contribution is 5.48. The molecular formula is C8H6N2O2. The van der Waals surface area contributed by atoms with Crippen molar-refractivity contribution in [3.05, 3.63) is 17.8 Å². The molecule has 2 heterocycles. The molecule has 0 aliphatic carbocycles. The average Bonchev–Trinajstić information content (AvgIpc) is 2.17.